The van der Waals surface area contributed by atoms with E-state index in [1.165, 1.54) is 6.07 Å². The summed E-state index contributed by atoms with van der Waals surface area (Å²) in [4.78, 5) is 13.3. The molecule has 0 aliphatic carbocycles. The molecule has 66 valence electrons. The van der Waals surface area contributed by atoms with Crippen LogP contribution < -0.4 is 5.73 Å². The fourth-order valence-electron chi connectivity index (χ4n) is 1.08. The lowest BCUT2D eigenvalue weighted by atomic mass is 10.1. The number of hydrogen-bond donors (Lipinski definition) is 3. The highest BCUT2D eigenvalue weighted by Gasteiger charge is 2.12. The zero-order chi connectivity index (χ0) is 9.30. The number of hydrogen-bond acceptors (Lipinski definition) is 2. The number of anilines is 1. The molecule has 4 nitrogen and oxygen atoms in total. The van der Waals surface area contributed by atoms with Gasteiger partial charge in [0.2, 0.25) is 0 Å². The Hall–Kier alpha value is -1.45. The highest BCUT2D eigenvalue weighted by Crippen LogP contribution is 2.21. The van der Waals surface area contributed by atoms with Crippen molar-refractivity contribution in [3.05, 3.63) is 17.5 Å². The van der Waals surface area contributed by atoms with E-state index in [0.29, 0.717) is 5.69 Å². The molecule has 0 saturated heterocycles. The molecule has 0 spiro atoms. The van der Waals surface area contributed by atoms with Crippen LogP contribution in [-0.4, -0.2) is 16.1 Å². The molecule has 0 bridgehead atoms. The summed E-state index contributed by atoms with van der Waals surface area (Å²) < 4.78 is 0. The normalized spacial score (nSPS) is 10.6. The molecule has 1 rings (SSSR count). The number of aromatic nitrogens is 1. The number of rotatable bonds is 2. The number of nitrogens with one attached hydrogen (secondary N) is 1. The number of aromatic amines is 1. The van der Waals surface area contributed by atoms with E-state index in [2.05, 4.69) is 4.98 Å². The van der Waals surface area contributed by atoms with Crippen LogP contribution in [-0.2, 0) is 0 Å². The Morgan fingerprint density at radius 3 is 2.50 bits per heavy atom. The molecule has 0 radical (unpaired) electrons. The lowest BCUT2D eigenvalue weighted by molar-refractivity contribution is 0.0691. The maximum Gasteiger partial charge on any atom is 0.352 e. The topological polar surface area (TPSA) is 79.1 Å². The van der Waals surface area contributed by atoms with Crippen molar-refractivity contribution in [2.45, 2.75) is 19.8 Å². The first kappa shape index (κ1) is 8.64. The Morgan fingerprint density at radius 1 is 1.67 bits per heavy atom. The number of carboxylic acid groups (broad SMARTS) is 1. The average molecular weight is 168 g/mol. The van der Waals surface area contributed by atoms with Gasteiger partial charge < -0.3 is 15.8 Å². The average Bonchev–Trinajstić information content (AvgIpc) is 2.30. The minimum Gasteiger partial charge on any atom is -0.477 e. The Labute approximate surface area is 70.4 Å². The van der Waals surface area contributed by atoms with Crippen LogP contribution in [0.1, 0.15) is 35.9 Å². The number of H-pyrrole nitrogens is 1. The lowest BCUT2D eigenvalue weighted by Gasteiger charge is -2.01. The molecule has 4 N–H and O–H groups in total. The predicted octanol–water partition coefficient (Wildman–Crippen LogP) is 1.42. The van der Waals surface area contributed by atoms with Crippen LogP contribution in [0.3, 0.4) is 0 Å². The summed E-state index contributed by atoms with van der Waals surface area (Å²) in [6, 6.07) is 1.44. The van der Waals surface area contributed by atoms with E-state index < -0.39 is 5.97 Å². The van der Waals surface area contributed by atoms with Crippen molar-refractivity contribution in [1.29, 1.82) is 0 Å². The summed E-state index contributed by atoms with van der Waals surface area (Å²) in [5, 5.41) is 8.62. The van der Waals surface area contributed by atoms with Gasteiger partial charge in [0.15, 0.2) is 0 Å². The Bertz CT molecular complexity index is 302. The van der Waals surface area contributed by atoms with Crippen LogP contribution in [0, 0.1) is 0 Å². The summed E-state index contributed by atoms with van der Waals surface area (Å²) in [7, 11) is 0. The molecule has 0 fully saturated rings. The number of nitrogens with two attached hydrogens (primary N) is 1. The molecule has 1 heterocycles. The van der Waals surface area contributed by atoms with Gasteiger partial charge in [-0.05, 0) is 12.0 Å². The molecule has 0 aliphatic rings. The largest absolute Gasteiger partial charge is 0.477 e. The van der Waals surface area contributed by atoms with E-state index >= 15 is 0 Å². The zero-order valence-electron chi connectivity index (χ0n) is 7.09. The number of nitrogen functional groups attached to an aromatic ring is 1. The Balaban J connectivity index is 3.09. The van der Waals surface area contributed by atoms with Gasteiger partial charge in [-0.15, -0.1) is 0 Å². The van der Waals surface area contributed by atoms with Crippen molar-refractivity contribution in [3.8, 4) is 0 Å². The van der Waals surface area contributed by atoms with Gasteiger partial charge in [0.1, 0.15) is 5.69 Å². The molecule has 0 saturated carbocycles. The van der Waals surface area contributed by atoms with Crippen LogP contribution >= 0.6 is 0 Å². The van der Waals surface area contributed by atoms with E-state index in [0.717, 1.165) is 5.69 Å². The van der Waals surface area contributed by atoms with Crippen molar-refractivity contribution in [2.75, 3.05) is 5.73 Å². The van der Waals surface area contributed by atoms with Gasteiger partial charge >= 0.3 is 5.97 Å². The summed E-state index contributed by atoms with van der Waals surface area (Å²) >= 11 is 0. The minimum absolute atomic E-state index is 0.149. The summed E-state index contributed by atoms with van der Waals surface area (Å²) in [6.07, 6.45) is 0. The predicted molar refractivity (Wildman–Crippen MR) is 46.3 cm³/mol. The van der Waals surface area contributed by atoms with Crippen molar-refractivity contribution in [1.82, 2.24) is 4.98 Å². The second-order valence-corrected chi connectivity index (χ2v) is 3.01. The van der Waals surface area contributed by atoms with Crippen molar-refractivity contribution in [2.24, 2.45) is 0 Å². The smallest absolute Gasteiger partial charge is 0.352 e. The lowest BCUT2D eigenvalue weighted by Crippen LogP contribution is -1.97. The van der Waals surface area contributed by atoms with E-state index in [9.17, 15) is 4.79 Å². The molecule has 0 unspecified atom stereocenters. The molecule has 0 amide bonds. The third-order valence-electron chi connectivity index (χ3n) is 1.69. The van der Waals surface area contributed by atoms with E-state index in [4.69, 9.17) is 10.8 Å². The Kier molecular flexibility index (Phi) is 2.08. The molecule has 1 aromatic heterocycles. The highest BCUT2D eigenvalue weighted by molar-refractivity contribution is 5.87. The van der Waals surface area contributed by atoms with Crippen molar-refractivity contribution in [3.63, 3.8) is 0 Å². The number of carbonyl (C=O) groups is 1. The maximum atomic E-state index is 10.5. The second kappa shape index (κ2) is 2.89. The van der Waals surface area contributed by atoms with Crippen LogP contribution in [0.4, 0.5) is 5.69 Å². The van der Waals surface area contributed by atoms with Crippen molar-refractivity contribution >= 4 is 11.7 Å². The van der Waals surface area contributed by atoms with Gasteiger partial charge in [0.25, 0.3) is 0 Å². The quantitative estimate of drug-likeness (QED) is 0.624. The standard InChI is InChI=1S/C8H12N2O2/c1-4(2)7-5(9)3-6(10-7)8(11)12/h3-4,10H,9H2,1-2H3,(H,11,12). The fourth-order valence-corrected chi connectivity index (χ4v) is 1.08. The van der Waals surface area contributed by atoms with Gasteiger partial charge in [-0.2, -0.15) is 0 Å². The summed E-state index contributed by atoms with van der Waals surface area (Å²) in [6.45, 7) is 3.90. The minimum atomic E-state index is -0.978. The first-order valence-electron chi connectivity index (χ1n) is 3.74. The molecule has 4 heteroatoms. The van der Waals surface area contributed by atoms with Crippen LogP contribution in [0.25, 0.3) is 0 Å². The summed E-state index contributed by atoms with van der Waals surface area (Å²) in [5.41, 5.74) is 7.04. The zero-order valence-corrected chi connectivity index (χ0v) is 7.09. The fraction of sp³-hybridized carbons (Fsp3) is 0.375. The van der Waals surface area contributed by atoms with Gasteiger partial charge in [0.05, 0.1) is 5.69 Å². The van der Waals surface area contributed by atoms with Crippen molar-refractivity contribution < 1.29 is 9.90 Å². The molecule has 0 aliphatic heterocycles. The van der Waals surface area contributed by atoms with Crippen LogP contribution in [0.2, 0.25) is 0 Å². The third kappa shape index (κ3) is 1.42. The van der Waals surface area contributed by atoms with Crippen LogP contribution in [0.5, 0.6) is 0 Å². The second-order valence-electron chi connectivity index (χ2n) is 3.01. The molecular formula is C8H12N2O2. The molecule has 12 heavy (non-hydrogen) atoms. The van der Waals surface area contributed by atoms with E-state index in [1.807, 2.05) is 13.8 Å². The SMILES string of the molecule is CC(C)c1[nH]c(C(=O)O)cc1N. The van der Waals surface area contributed by atoms with E-state index in [1.54, 1.807) is 0 Å². The number of carboxylic acids is 1. The van der Waals surface area contributed by atoms with Gasteiger partial charge in [-0.25, -0.2) is 4.79 Å². The first-order chi connectivity index (χ1) is 5.52. The monoisotopic (exact) mass is 168 g/mol. The number of aromatic carboxylic acids is 1. The highest BCUT2D eigenvalue weighted by atomic mass is 16.4. The first-order valence-corrected chi connectivity index (χ1v) is 3.74. The Morgan fingerprint density at radius 2 is 2.25 bits per heavy atom. The van der Waals surface area contributed by atoms with E-state index in [-0.39, 0.29) is 11.6 Å². The van der Waals surface area contributed by atoms with Gasteiger partial charge in [-0.3, -0.25) is 0 Å². The molecular weight excluding hydrogens is 156 g/mol. The third-order valence-corrected chi connectivity index (χ3v) is 1.69. The maximum absolute atomic E-state index is 10.5. The van der Waals surface area contributed by atoms with Crippen LogP contribution in [0.15, 0.2) is 6.07 Å². The summed E-state index contributed by atoms with van der Waals surface area (Å²) in [5.74, 6) is -0.758. The van der Waals surface area contributed by atoms with Gasteiger partial charge in [0, 0.05) is 5.69 Å². The molecule has 0 aromatic carbocycles. The molecule has 0 atom stereocenters. The molecule has 1 aromatic rings. The van der Waals surface area contributed by atoms with Gasteiger partial charge in [-0.1, -0.05) is 13.8 Å².